The Labute approximate surface area is 207 Å². The van der Waals surface area contributed by atoms with Crippen molar-refractivity contribution in [1.29, 1.82) is 0 Å². The number of carbonyl (C=O) groups excluding carboxylic acids is 4. The van der Waals surface area contributed by atoms with Gasteiger partial charge in [-0.25, -0.2) is 4.79 Å². The minimum absolute atomic E-state index is 0.123. The molecule has 0 bridgehead atoms. The van der Waals surface area contributed by atoms with Gasteiger partial charge in [-0.05, 0) is 56.5 Å². The smallest absolute Gasteiger partial charge is 0.338 e. The van der Waals surface area contributed by atoms with E-state index in [4.69, 9.17) is 27.9 Å². The zero-order valence-corrected chi connectivity index (χ0v) is 20.2. The number of nitrogens with one attached hydrogen (secondary N) is 1. The van der Waals surface area contributed by atoms with E-state index in [1.807, 2.05) is 26.0 Å². The molecule has 1 heterocycles. The van der Waals surface area contributed by atoms with Crippen molar-refractivity contribution in [3.8, 4) is 0 Å². The van der Waals surface area contributed by atoms with Crippen molar-refractivity contribution in [2.45, 2.75) is 37.4 Å². The number of carbonyl (C=O) groups is 4. The fourth-order valence-corrected chi connectivity index (χ4v) is 5.07. The van der Waals surface area contributed by atoms with Gasteiger partial charge in [0, 0.05) is 5.69 Å². The van der Waals surface area contributed by atoms with E-state index in [0.717, 1.165) is 16.0 Å². The van der Waals surface area contributed by atoms with E-state index in [1.165, 1.54) is 12.1 Å². The van der Waals surface area contributed by atoms with E-state index in [0.29, 0.717) is 18.5 Å². The van der Waals surface area contributed by atoms with Gasteiger partial charge in [0.25, 0.3) is 5.91 Å². The number of benzene rings is 2. The zero-order valence-electron chi connectivity index (χ0n) is 18.7. The summed E-state index contributed by atoms with van der Waals surface area (Å²) in [5.41, 5.74) is 3.00. The monoisotopic (exact) mass is 502 g/mol. The first kappa shape index (κ1) is 24.2. The van der Waals surface area contributed by atoms with E-state index in [1.54, 1.807) is 18.2 Å². The van der Waals surface area contributed by atoms with Crippen LogP contribution in [0.5, 0.6) is 0 Å². The van der Waals surface area contributed by atoms with Crippen LogP contribution in [0.1, 0.15) is 34.3 Å². The van der Waals surface area contributed by atoms with Crippen LogP contribution in [0.15, 0.2) is 42.5 Å². The van der Waals surface area contributed by atoms with E-state index < -0.39 is 30.3 Å². The fourth-order valence-electron chi connectivity index (χ4n) is 4.48. The first-order valence-electron chi connectivity index (χ1n) is 11.0. The Hall–Kier alpha value is -2.90. The highest BCUT2D eigenvalue weighted by molar-refractivity contribution is 6.31. The molecule has 2 fully saturated rings. The first-order valence-corrected chi connectivity index (χ1v) is 11.8. The summed E-state index contributed by atoms with van der Waals surface area (Å²) in [6.45, 7) is 3.35. The third-order valence-electron chi connectivity index (χ3n) is 6.24. The standard InChI is InChI=1S/C25H24Cl2N2O5/c1-13-6-7-21(14(2)8-13)28-22(30)12-34-25(33)15-4-3-5-16(9-15)29-23(31)17-10-19(26)20(27)11-18(17)24(29)32/h3-9,17-20H,10-12H2,1-2H3,(H,28,30)/t17-,18+,19+,20-. The second-order valence-corrected chi connectivity index (χ2v) is 9.84. The Balaban J connectivity index is 1.42. The number of halogens is 2. The molecule has 1 N–H and O–H groups in total. The van der Waals surface area contributed by atoms with Crippen molar-refractivity contribution < 1.29 is 23.9 Å². The summed E-state index contributed by atoms with van der Waals surface area (Å²) in [5.74, 6) is -2.94. The van der Waals surface area contributed by atoms with Crippen molar-refractivity contribution in [3.63, 3.8) is 0 Å². The summed E-state index contributed by atoms with van der Waals surface area (Å²) in [4.78, 5) is 51.8. The predicted octanol–water partition coefficient (Wildman–Crippen LogP) is 4.21. The van der Waals surface area contributed by atoms with Crippen molar-refractivity contribution in [3.05, 3.63) is 59.2 Å². The Bertz CT molecular complexity index is 1140. The van der Waals surface area contributed by atoms with Crippen LogP contribution < -0.4 is 10.2 Å². The number of nitrogens with zero attached hydrogens (tertiary/aromatic N) is 1. The number of aryl methyl sites for hydroxylation is 2. The van der Waals surface area contributed by atoms with Gasteiger partial charge < -0.3 is 10.1 Å². The Kier molecular flexibility index (Phi) is 6.96. The van der Waals surface area contributed by atoms with Crippen molar-refractivity contribution >= 4 is 58.3 Å². The second-order valence-electron chi connectivity index (χ2n) is 8.72. The molecule has 9 heteroatoms. The van der Waals surface area contributed by atoms with Gasteiger partial charge >= 0.3 is 5.97 Å². The molecule has 0 radical (unpaired) electrons. The molecule has 178 valence electrons. The molecule has 1 saturated heterocycles. The van der Waals surface area contributed by atoms with Gasteiger partial charge in [0.1, 0.15) is 0 Å². The van der Waals surface area contributed by atoms with E-state index >= 15 is 0 Å². The summed E-state index contributed by atoms with van der Waals surface area (Å²) >= 11 is 12.5. The molecular formula is C25H24Cl2N2O5. The predicted molar refractivity (Wildman–Crippen MR) is 129 cm³/mol. The summed E-state index contributed by atoms with van der Waals surface area (Å²) in [7, 11) is 0. The van der Waals surface area contributed by atoms with E-state index in [9.17, 15) is 19.2 Å². The number of alkyl halides is 2. The van der Waals surface area contributed by atoms with Gasteiger partial charge in [-0.3, -0.25) is 19.3 Å². The second kappa shape index (κ2) is 9.76. The maximum Gasteiger partial charge on any atom is 0.338 e. The van der Waals surface area contributed by atoms with Crippen LogP contribution in [0.3, 0.4) is 0 Å². The molecule has 2 aromatic carbocycles. The van der Waals surface area contributed by atoms with Crippen LogP contribution >= 0.6 is 23.2 Å². The van der Waals surface area contributed by atoms with Gasteiger partial charge in [-0.15, -0.1) is 23.2 Å². The maximum atomic E-state index is 13.0. The Morgan fingerprint density at radius 2 is 1.65 bits per heavy atom. The van der Waals surface area contributed by atoms with Crippen molar-refractivity contribution in [2.75, 3.05) is 16.8 Å². The highest BCUT2D eigenvalue weighted by atomic mass is 35.5. The van der Waals surface area contributed by atoms with Gasteiger partial charge in [-0.2, -0.15) is 0 Å². The molecule has 1 aliphatic carbocycles. The molecule has 2 aromatic rings. The topological polar surface area (TPSA) is 92.8 Å². The number of ether oxygens (including phenoxy) is 1. The molecule has 3 amide bonds. The molecule has 0 spiro atoms. The summed E-state index contributed by atoms with van der Waals surface area (Å²) < 4.78 is 5.15. The lowest BCUT2D eigenvalue weighted by atomic mass is 9.80. The van der Waals surface area contributed by atoms with Gasteiger partial charge in [0.05, 0.1) is 33.8 Å². The molecule has 34 heavy (non-hydrogen) atoms. The molecule has 0 unspecified atom stereocenters. The van der Waals surface area contributed by atoms with Gasteiger partial charge in [0.2, 0.25) is 11.8 Å². The normalized spacial score (nSPS) is 24.1. The number of esters is 1. The molecule has 4 atom stereocenters. The highest BCUT2D eigenvalue weighted by Gasteiger charge is 2.52. The summed E-state index contributed by atoms with van der Waals surface area (Å²) in [6, 6.07) is 11.6. The summed E-state index contributed by atoms with van der Waals surface area (Å²) in [6.07, 6.45) is 0.664. The number of hydrogen-bond donors (Lipinski definition) is 1. The SMILES string of the molecule is Cc1ccc(NC(=O)COC(=O)c2cccc(N3C(=O)[C@H]4C[C@@H](Cl)[C@@H](Cl)C[C@H]4C3=O)c2)c(C)c1. The quantitative estimate of drug-likeness (QED) is 0.375. The fraction of sp³-hybridized carbons (Fsp3) is 0.360. The molecule has 2 aliphatic rings. The third kappa shape index (κ3) is 4.81. The Morgan fingerprint density at radius 3 is 2.26 bits per heavy atom. The first-order chi connectivity index (χ1) is 16.2. The third-order valence-corrected chi connectivity index (χ3v) is 7.34. The van der Waals surface area contributed by atoms with Gasteiger partial charge in [0.15, 0.2) is 6.61 Å². The lowest BCUT2D eigenvalue weighted by Gasteiger charge is -2.28. The van der Waals surface area contributed by atoms with Crippen LogP contribution in [0.25, 0.3) is 0 Å². The lowest BCUT2D eigenvalue weighted by Crippen LogP contribution is -2.34. The summed E-state index contributed by atoms with van der Waals surface area (Å²) in [5, 5.41) is 1.95. The number of amides is 3. The number of fused-ring (bicyclic) bond motifs is 1. The maximum absolute atomic E-state index is 13.0. The van der Waals surface area contributed by atoms with Crippen molar-refractivity contribution in [2.24, 2.45) is 11.8 Å². The molecule has 0 aromatic heterocycles. The molecule has 4 rings (SSSR count). The largest absolute Gasteiger partial charge is 0.452 e. The molecular weight excluding hydrogens is 479 g/mol. The minimum Gasteiger partial charge on any atom is -0.452 e. The molecule has 1 aliphatic heterocycles. The average Bonchev–Trinajstić information content (AvgIpc) is 3.03. The van der Waals surface area contributed by atoms with Crippen LogP contribution in [-0.4, -0.2) is 41.1 Å². The zero-order chi connectivity index (χ0) is 24.6. The number of imide groups is 1. The number of hydrogen-bond acceptors (Lipinski definition) is 5. The minimum atomic E-state index is -0.740. The Morgan fingerprint density at radius 1 is 1.00 bits per heavy atom. The van der Waals surface area contributed by atoms with Crippen LogP contribution in [0.4, 0.5) is 11.4 Å². The van der Waals surface area contributed by atoms with Crippen LogP contribution in [0, 0.1) is 25.7 Å². The van der Waals surface area contributed by atoms with E-state index in [-0.39, 0.29) is 33.8 Å². The molecule has 7 nitrogen and oxygen atoms in total. The van der Waals surface area contributed by atoms with Crippen LogP contribution in [-0.2, 0) is 19.1 Å². The number of rotatable bonds is 5. The van der Waals surface area contributed by atoms with Gasteiger partial charge in [-0.1, -0.05) is 23.8 Å². The van der Waals surface area contributed by atoms with E-state index in [2.05, 4.69) is 5.32 Å². The lowest BCUT2D eigenvalue weighted by molar-refractivity contribution is -0.122. The van der Waals surface area contributed by atoms with Crippen LogP contribution in [0.2, 0.25) is 0 Å². The van der Waals surface area contributed by atoms with Crippen molar-refractivity contribution in [1.82, 2.24) is 0 Å². The number of anilines is 2. The highest BCUT2D eigenvalue weighted by Crippen LogP contribution is 2.43. The average molecular weight is 503 g/mol. The molecule has 1 saturated carbocycles.